The zero-order valence-corrected chi connectivity index (χ0v) is 13.0. The smallest absolute Gasteiger partial charge is 0.123 e. The quantitative estimate of drug-likeness (QED) is 0.910. The van der Waals surface area contributed by atoms with Crippen LogP contribution in [0.3, 0.4) is 0 Å². The number of rotatable bonds is 5. The average Bonchev–Trinajstić information content (AvgIpc) is 2.78. The topological polar surface area (TPSA) is 29.3 Å². The molecule has 2 nitrogen and oxygen atoms in total. The minimum Gasteiger partial charge on any atom is -0.326 e. The Labute approximate surface area is 124 Å². The minimum absolute atomic E-state index is 0.0403. The molecule has 2 aromatic rings. The Morgan fingerprint density at radius 1 is 1.20 bits per heavy atom. The molecule has 2 rings (SSSR count). The van der Waals surface area contributed by atoms with Crippen molar-refractivity contribution in [3.63, 3.8) is 0 Å². The van der Waals surface area contributed by atoms with Gasteiger partial charge in [-0.15, -0.1) is 11.3 Å². The second-order valence-electron chi connectivity index (χ2n) is 5.29. The summed E-state index contributed by atoms with van der Waals surface area (Å²) in [5.41, 5.74) is 7.25. The maximum Gasteiger partial charge on any atom is 0.123 e. The Morgan fingerprint density at radius 3 is 2.35 bits per heavy atom. The first kappa shape index (κ1) is 15.2. The normalized spacial score (nSPS) is 14.5. The lowest BCUT2D eigenvalue weighted by atomic mass is 10.1. The summed E-state index contributed by atoms with van der Waals surface area (Å²) in [5, 5.41) is 0. The van der Waals surface area contributed by atoms with Crippen LogP contribution in [0.15, 0.2) is 36.4 Å². The van der Waals surface area contributed by atoms with E-state index in [1.54, 1.807) is 11.3 Å². The van der Waals surface area contributed by atoms with Crippen molar-refractivity contribution >= 4 is 11.3 Å². The van der Waals surface area contributed by atoms with E-state index < -0.39 is 0 Å². The molecule has 4 heteroatoms. The van der Waals surface area contributed by atoms with Gasteiger partial charge in [0.15, 0.2) is 0 Å². The Balaban J connectivity index is 2.15. The van der Waals surface area contributed by atoms with Crippen molar-refractivity contribution < 1.29 is 4.39 Å². The van der Waals surface area contributed by atoms with Gasteiger partial charge in [0.25, 0.3) is 0 Å². The molecule has 0 fully saturated rings. The highest BCUT2D eigenvalue weighted by molar-refractivity contribution is 7.12. The van der Waals surface area contributed by atoms with Crippen molar-refractivity contribution in [3.05, 3.63) is 57.5 Å². The first-order valence-corrected chi connectivity index (χ1v) is 7.55. The molecule has 1 heterocycles. The number of benzene rings is 1. The van der Waals surface area contributed by atoms with E-state index in [0.29, 0.717) is 0 Å². The van der Waals surface area contributed by atoms with Crippen molar-refractivity contribution in [1.82, 2.24) is 4.90 Å². The number of thiophene rings is 1. The largest absolute Gasteiger partial charge is 0.326 e. The lowest BCUT2D eigenvalue weighted by molar-refractivity contribution is 0.214. The summed E-state index contributed by atoms with van der Waals surface area (Å²) >= 11 is 1.78. The first-order valence-electron chi connectivity index (χ1n) is 6.74. The van der Waals surface area contributed by atoms with Gasteiger partial charge in [-0.05, 0) is 50.7 Å². The van der Waals surface area contributed by atoms with Crippen LogP contribution in [0.1, 0.15) is 28.3 Å². The molecule has 0 saturated heterocycles. The highest BCUT2D eigenvalue weighted by Gasteiger charge is 2.22. The number of hydrogen-bond acceptors (Lipinski definition) is 3. The highest BCUT2D eigenvalue weighted by Crippen LogP contribution is 2.29. The van der Waals surface area contributed by atoms with Gasteiger partial charge in [0.05, 0.1) is 6.04 Å². The number of nitrogens with zero attached hydrogens (tertiary/aromatic N) is 1. The Kier molecular flexibility index (Phi) is 4.91. The predicted octanol–water partition coefficient (Wildman–Crippen LogP) is 3.72. The standard InChI is InChI=1S/C16H21FN2S/c1-11-4-9-15(20-11)16(12(2)18)19(3)10-13-5-7-14(17)8-6-13/h4-9,12,16H,10,18H2,1-3H3. The van der Waals surface area contributed by atoms with E-state index in [1.165, 1.54) is 21.9 Å². The molecule has 0 aliphatic rings. The molecule has 2 N–H and O–H groups in total. The molecular weight excluding hydrogens is 271 g/mol. The van der Waals surface area contributed by atoms with Gasteiger partial charge < -0.3 is 5.73 Å². The van der Waals surface area contributed by atoms with Gasteiger partial charge in [0.2, 0.25) is 0 Å². The van der Waals surface area contributed by atoms with Gasteiger partial charge in [0.1, 0.15) is 5.82 Å². The Bertz CT molecular complexity index is 548. The zero-order chi connectivity index (χ0) is 14.7. The molecule has 1 aromatic carbocycles. The Morgan fingerprint density at radius 2 is 1.85 bits per heavy atom. The van der Waals surface area contributed by atoms with Crippen molar-refractivity contribution in [2.24, 2.45) is 5.73 Å². The van der Waals surface area contributed by atoms with E-state index >= 15 is 0 Å². The van der Waals surface area contributed by atoms with Crippen LogP contribution in [0, 0.1) is 12.7 Å². The van der Waals surface area contributed by atoms with E-state index in [9.17, 15) is 4.39 Å². The van der Waals surface area contributed by atoms with Gasteiger partial charge in [-0.2, -0.15) is 0 Å². The summed E-state index contributed by atoms with van der Waals surface area (Å²) in [6.45, 7) is 4.89. The third kappa shape index (κ3) is 3.66. The van der Waals surface area contributed by atoms with E-state index in [0.717, 1.165) is 12.1 Å². The van der Waals surface area contributed by atoms with Crippen LogP contribution in [-0.2, 0) is 6.54 Å². The number of likely N-dealkylation sites (N-methyl/N-ethyl adjacent to an activating group) is 1. The maximum absolute atomic E-state index is 12.9. The minimum atomic E-state index is -0.200. The van der Waals surface area contributed by atoms with Crippen LogP contribution >= 0.6 is 11.3 Å². The van der Waals surface area contributed by atoms with Gasteiger partial charge in [-0.1, -0.05) is 12.1 Å². The van der Waals surface area contributed by atoms with Crippen LogP contribution in [0.2, 0.25) is 0 Å². The average molecular weight is 292 g/mol. The molecule has 2 atom stereocenters. The summed E-state index contributed by atoms with van der Waals surface area (Å²) in [6.07, 6.45) is 0. The Hall–Kier alpha value is -1.23. The second-order valence-corrected chi connectivity index (χ2v) is 6.61. The third-order valence-corrected chi connectivity index (χ3v) is 4.44. The molecular formula is C16H21FN2S. The fraction of sp³-hybridized carbons (Fsp3) is 0.375. The van der Waals surface area contributed by atoms with Crippen molar-refractivity contribution in [3.8, 4) is 0 Å². The molecule has 0 bridgehead atoms. The second kappa shape index (κ2) is 6.48. The number of hydrogen-bond donors (Lipinski definition) is 1. The van der Waals surface area contributed by atoms with E-state index in [2.05, 4.69) is 31.0 Å². The monoisotopic (exact) mass is 292 g/mol. The SMILES string of the molecule is Cc1ccc(C(C(C)N)N(C)Cc2ccc(F)cc2)s1. The fourth-order valence-electron chi connectivity index (χ4n) is 2.47. The molecule has 0 radical (unpaired) electrons. The van der Waals surface area contributed by atoms with Gasteiger partial charge in [-0.3, -0.25) is 4.90 Å². The molecule has 0 saturated carbocycles. The summed E-state index contributed by atoms with van der Waals surface area (Å²) in [6, 6.07) is 11.1. The van der Waals surface area contributed by atoms with E-state index in [4.69, 9.17) is 5.73 Å². The molecule has 0 spiro atoms. The highest BCUT2D eigenvalue weighted by atomic mass is 32.1. The van der Waals surface area contributed by atoms with Gasteiger partial charge >= 0.3 is 0 Å². The van der Waals surface area contributed by atoms with Crippen LogP contribution in [0.25, 0.3) is 0 Å². The predicted molar refractivity (Wildman–Crippen MR) is 83.3 cm³/mol. The summed E-state index contributed by atoms with van der Waals surface area (Å²) in [4.78, 5) is 4.80. The van der Waals surface area contributed by atoms with Crippen LogP contribution < -0.4 is 5.73 Å². The maximum atomic E-state index is 12.9. The van der Waals surface area contributed by atoms with Gasteiger partial charge in [-0.25, -0.2) is 4.39 Å². The lowest BCUT2D eigenvalue weighted by Gasteiger charge is -2.30. The van der Waals surface area contributed by atoms with Crippen LogP contribution in [0.5, 0.6) is 0 Å². The molecule has 1 aromatic heterocycles. The van der Waals surface area contributed by atoms with Crippen molar-refractivity contribution in [2.75, 3.05) is 7.05 Å². The molecule has 20 heavy (non-hydrogen) atoms. The van der Waals surface area contributed by atoms with Crippen molar-refractivity contribution in [2.45, 2.75) is 32.5 Å². The lowest BCUT2D eigenvalue weighted by Crippen LogP contribution is -2.36. The first-order chi connectivity index (χ1) is 9.47. The summed E-state index contributed by atoms with van der Waals surface area (Å²) in [7, 11) is 2.06. The van der Waals surface area contributed by atoms with Crippen LogP contribution in [0.4, 0.5) is 4.39 Å². The summed E-state index contributed by atoms with van der Waals surface area (Å²) < 4.78 is 12.9. The molecule has 0 amide bonds. The van der Waals surface area contributed by atoms with Gasteiger partial charge in [0, 0.05) is 22.3 Å². The van der Waals surface area contributed by atoms with Crippen LogP contribution in [-0.4, -0.2) is 18.0 Å². The van der Waals surface area contributed by atoms with Crippen molar-refractivity contribution in [1.29, 1.82) is 0 Å². The van der Waals surface area contributed by atoms with E-state index in [-0.39, 0.29) is 17.9 Å². The zero-order valence-electron chi connectivity index (χ0n) is 12.1. The fourth-order valence-corrected chi connectivity index (χ4v) is 3.63. The molecule has 2 unspecified atom stereocenters. The van der Waals surface area contributed by atoms with E-state index in [1.807, 2.05) is 19.1 Å². The molecule has 0 aliphatic carbocycles. The number of nitrogens with two attached hydrogens (primary N) is 1. The molecule has 0 aliphatic heterocycles. The number of aryl methyl sites for hydroxylation is 1. The molecule has 108 valence electrons. The number of halogens is 1. The summed E-state index contributed by atoms with van der Waals surface area (Å²) in [5.74, 6) is -0.200. The third-order valence-electron chi connectivity index (χ3n) is 3.37.